The van der Waals surface area contributed by atoms with Crippen LogP contribution >= 0.6 is 0 Å². The van der Waals surface area contributed by atoms with Crippen molar-refractivity contribution >= 4 is 6.29 Å². The maximum atomic E-state index is 10.5. The maximum Gasteiger partial charge on any atom is 0.128 e. The Labute approximate surface area is 68.6 Å². The van der Waals surface area contributed by atoms with Crippen LogP contribution in [0.5, 0.6) is 0 Å². The molecule has 1 unspecified atom stereocenters. The molecule has 0 aliphatic carbocycles. The van der Waals surface area contributed by atoms with Gasteiger partial charge in [0.05, 0.1) is 6.10 Å². The topological polar surface area (TPSA) is 37.3 Å². The van der Waals surface area contributed by atoms with Crippen molar-refractivity contribution in [3.8, 4) is 0 Å². The minimum Gasteiger partial charge on any atom is -0.392 e. The van der Waals surface area contributed by atoms with Crippen LogP contribution in [0.3, 0.4) is 0 Å². The zero-order valence-electron chi connectivity index (χ0n) is 7.63. The number of hydrogen-bond donors (Lipinski definition) is 1. The Bertz CT molecular complexity index is 119. The molecule has 0 aromatic heterocycles. The van der Waals surface area contributed by atoms with E-state index in [9.17, 15) is 9.90 Å². The van der Waals surface area contributed by atoms with Gasteiger partial charge >= 0.3 is 0 Å². The molecule has 0 rings (SSSR count). The molecule has 0 aromatic carbocycles. The Hall–Kier alpha value is -0.370. The molecule has 0 saturated heterocycles. The molecule has 0 saturated carbocycles. The molecule has 2 heteroatoms. The zero-order valence-corrected chi connectivity index (χ0v) is 7.63. The average molecular weight is 158 g/mol. The Morgan fingerprint density at radius 3 is 2.45 bits per heavy atom. The molecule has 0 bridgehead atoms. The van der Waals surface area contributed by atoms with Crippen molar-refractivity contribution in [2.75, 3.05) is 0 Å². The minimum absolute atomic E-state index is 0.486. The van der Waals surface area contributed by atoms with E-state index >= 15 is 0 Å². The number of hydrogen-bond acceptors (Lipinski definition) is 2. The predicted molar refractivity (Wildman–Crippen MR) is 45.4 cm³/mol. The summed E-state index contributed by atoms with van der Waals surface area (Å²) in [5.74, 6) is 0. The summed E-state index contributed by atoms with van der Waals surface area (Å²) in [6.45, 7) is 5.60. The van der Waals surface area contributed by atoms with Gasteiger partial charge in [0.2, 0.25) is 0 Å². The van der Waals surface area contributed by atoms with Gasteiger partial charge in [-0.3, -0.25) is 0 Å². The first-order valence-electron chi connectivity index (χ1n) is 4.19. The molecule has 11 heavy (non-hydrogen) atoms. The first-order chi connectivity index (χ1) is 5.04. The van der Waals surface area contributed by atoms with Gasteiger partial charge in [0, 0.05) is 5.41 Å². The van der Waals surface area contributed by atoms with Gasteiger partial charge in [-0.2, -0.15) is 0 Å². The molecule has 66 valence electrons. The molecule has 0 aliphatic rings. The second kappa shape index (κ2) is 4.50. The summed E-state index contributed by atoms with van der Waals surface area (Å²) in [5, 5.41) is 9.48. The Morgan fingerprint density at radius 1 is 1.55 bits per heavy atom. The average Bonchev–Trinajstić information content (AvgIpc) is 2.00. The molecular weight excluding hydrogens is 140 g/mol. The highest BCUT2D eigenvalue weighted by Crippen LogP contribution is 2.21. The van der Waals surface area contributed by atoms with Gasteiger partial charge in [-0.05, 0) is 6.42 Å². The van der Waals surface area contributed by atoms with Crippen LogP contribution in [-0.4, -0.2) is 17.5 Å². The van der Waals surface area contributed by atoms with Crippen LogP contribution in [0.2, 0.25) is 0 Å². The van der Waals surface area contributed by atoms with E-state index in [2.05, 4.69) is 6.92 Å². The molecule has 0 aromatic rings. The molecule has 0 spiro atoms. The lowest BCUT2D eigenvalue weighted by molar-refractivity contribution is -0.120. The molecule has 0 aliphatic heterocycles. The fourth-order valence-electron chi connectivity index (χ4n) is 0.848. The third kappa shape index (κ3) is 3.51. The number of unbranched alkanes of at least 4 members (excludes halogenated alkanes) is 1. The summed E-state index contributed by atoms with van der Waals surface area (Å²) in [6, 6.07) is 0. The highest BCUT2D eigenvalue weighted by atomic mass is 16.3. The van der Waals surface area contributed by atoms with E-state index in [-0.39, 0.29) is 0 Å². The lowest BCUT2D eigenvalue weighted by atomic mass is 9.86. The number of aldehydes is 1. The molecular formula is C9H18O2. The van der Waals surface area contributed by atoms with Crippen LogP contribution < -0.4 is 0 Å². The standard InChI is InChI=1S/C9H18O2/c1-4-5-6-8(11)9(2,3)7-10/h7-8,11H,4-6H2,1-3H3. The molecule has 0 fully saturated rings. The van der Waals surface area contributed by atoms with Gasteiger partial charge in [0.1, 0.15) is 6.29 Å². The number of aliphatic hydroxyl groups excluding tert-OH is 1. The lowest BCUT2D eigenvalue weighted by Gasteiger charge is -2.23. The van der Waals surface area contributed by atoms with Crippen molar-refractivity contribution in [3.05, 3.63) is 0 Å². The summed E-state index contributed by atoms with van der Waals surface area (Å²) in [5.41, 5.74) is -0.574. The van der Waals surface area contributed by atoms with E-state index in [1.54, 1.807) is 13.8 Å². The maximum absolute atomic E-state index is 10.5. The smallest absolute Gasteiger partial charge is 0.128 e. The van der Waals surface area contributed by atoms with Crippen molar-refractivity contribution in [3.63, 3.8) is 0 Å². The zero-order chi connectivity index (χ0) is 8.91. The number of aliphatic hydroxyl groups is 1. The Balaban J connectivity index is 3.80. The van der Waals surface area contributed by atoms with E-state index in [4.69, 9.17) is 0 Å². The highest BCUT2D eigenvalue weighted by Gasteiger charge is 2.26. The summed E-state index contributed by atoms with van der Waals surface area (Å²) in [6.07, 6.45) is 3.11. The Morgan fingerprint density at radius 2 is 2.09 bits per heavy atom. The van der Waals surface area contributed by atoms with E-state index in [0.717, 1.165) is 25.5 Å². The van der Waals surface area contributed by atoms with Crippen LogP contribution in [0.4, 0.5) is 0 Å². The first-order valence-corrected chi connectivity index (χ1v) is 4.19. The van der Waals surface area contributed by atoms with Gasteiger partial charge in [-0.15, -0.1) is 0 Å². The van der Waals surface area contributed by atoms with Crippen molar-refractivity contribution in [1.29, 1.82) is 0 Å². The van der Waals surface area contributed by atoms with Crippen LogP contribution in [0.15, 0.2) is 0 Å². The second-order valence-corrected chi connectivity index (χ2v) is 3.60. The van der Waals surface area contributed by atoms with Crippen LogP contribution in [-0.2, 0) is 4.79 Å². The minimum atomic E-state index is -0.574. The number of carbonyl (C=O) groups excluding carboxylic acids is 1. The van der Waals surface area contributed by atoms with Crippen LogP contribution in [0.1, 0.15) is 40.0 Å². The number of carbonyl (C=O) groups is 1. The summed E-state index contributed by atoms with van der Waals surface area (Å²) < 4.78 is 0. The third-order valence-electron chi connectivity index (χ3n) is 1.99. The summed E-state index contributed by atoms with van der Waals surface area (Å²) >= 11 is 0. The van der Waals surface area contributed by atoms with E-state index in [1.165, 1.54) is 0 Å². The summed E-state index contributed by atoms with van der Waals surface area (Å²) in [7, 11) is 0. The van der Waals surface area contributed by atoms with Crippen molar-refractivity contribution in [2.45, 2.75) is 46.1 Å². The fourth-order valence-corrected chi connectivity index (χ4v) is 0.848. The van der Waals surface area contributed by atoms with Crippen LogP contribution in [0, 0.1) is 5.41 Å². The quantitative estimate of drug-likeness (QED) is 0.619. The predicted octanol–water partition coefficient (Wildman–Crippen LogP) is 1.76. The van der Waals surface area contributed by atoms with Gasteiger partial charge in [0.25, 0.3) is 0 Å². The monoisotopic (exact) mass is 158 g/mol. The molecule has 1 N–H and O–H groups in total. The highest BCUT2D eigenvalue weighted by molar-refractivity contribution is 5.58. The second-order valence-electron chi connectivity index (χ2n) is 3.60. The van der Waals surface area contributed by atoms with E-state index in [0.29, 0.717) is 0 Å². The fraction of sp³-hybridized carbons (Fsp3) is 0.889. The molecule has 2 nitrogen and oxygen atoms in total. The van der Waals surface area contributed by atoms with Crippen molar-refractivity contribution < 1.29 is 9.90 Å². The van der Waals surface area contributed by atoms with E-state index in [1.807, 2.05) is 0 Å². The SMILES string of the molecule is CCCCC(O)C(C)(C)C=O. The molecule has 1 atom stereocenters. The number of rotatable bonds is 5. The van der Waals surface area contributed by atoms with Crippen molar-refractivity contribution in [2.24, 2.45) is 5.41 Å². The summed E-state index contributed by atoms with van der Waals surface area (Å²) in [4.78, 5) is 10.5. The third-order valence-corrected chi connectivity index (χ3v) is 1.99. The van der Waals surface area contributed by atoms with Gasteiger partial charge < -0.3 is 9.90 Å². The Kier molecular flexibility index (Phi) is 4.34. The molecule has 0 amide bonds. The first kappa shape index (κ1) is 10.6. The van der Waals surface area contributed by atoms with Gasteiger partial charge in [-0.1, -0.05) is 33.6 Å². The van der Waals surface area contributed by atoms with E-state index < -0.39 is 11.5 Å². The normalized spacial score (nSPS) is 14.5. The van der Waals surface area contributed by atoms with Crippen LogP contribution in [0.25, 0.3) is 0 Å². The van der Waals surface area contributed by atoms with Gasteiger partial charge in [0.15, 0.2) is 0 Å². The van der Waals surface area contributed by atoms with Crippen molar-refractivity contribution in [1.82, 2.24) is 0 Å². The largest absolute Gasteiger partial charge is 0.392 e. The lowest BCUT2D eigenvalue weighted by Crippen LogP contribution is -2.30. The molecule has 0 heterocycles. The molecule has 0 radical (unpaired) electrons. The van der Waals surface area contributed by atoms with Gasteiger partial charge in [-0.25, -0.2) is 0 Å².